The standard InChI is InChI=1S/C12H16BrN5O2/c1-3-4-14-12-15-5-8(13)10(17-12)18-6-9(19)16-11(20)7(18)2/h5,7H,3-4,6H2,1-2H3,(H,14,15,17)(H,16,19,20). The maximum Gasteiger partial charge on any atom is 0.249 e. The minimum Gasteiger partial charge on any atom is -0.354 e. The highest BCUT2D eigenvalue weighted by Crippen LogP contribution is 2.26. The molecular formula is C12H16BrN5O2. The van der Waals surface area contributed by atoms with Gasteiger partial charge in [0.15, 0.2) is 0 Å². The SMILES string of the molecule is CCCNc1ncc(Br)c(N2CC(=O)NC(=O)C2C)n1. The van der Waals surface area contributed by atoms with Crippen molar-refractivity contribution in [3.63, 3.8) is 0 Å². The first-order valence-electron chi connectivity index (χ1n) is 6.39. The highest BCUT2D eigenvalue weighted by atomic mass is 79.9. The molecule has 2 amide bonds. The van der Waals surface area contributed by atoms with Gasteiger partial charge in [0.2, 0.25) is 17.8 Å². The molecule has 2 heterocycles. The normalized spacial score (nSPS) is 18.9. The van der Waals surface area contributed by atoms with Crippen LogP contribution in [0.1, 0.15) is 20.3 Å². The van der Waals surface area contributed by atoms with Gasteiger partial charge in [0, 0.05) is 12.7 Å². The Morgan fingerprint density at radius 2 is 2.30 bits per heavy atom. The summed E-state index contributed by atoms with van der Waals surface area (Å²) in [6.07, 6.45) is 2.57. The van der Waals surface area contributed by atoms with Crippen molar-refractivity contribution >= 4 is 39.5 Å². The van der Waals surface area contributed by atoms with Crippen LogP contribution in [-0.4, -0.2) is 40.9 Å². The van der Waals surface area contributed by atoms with Gasteiger partial charge < -0.3 is 10.2 Å². The zero-order valence-corrected chi connectivity index (χ0v) is 12.9. The van der Waals surface area contributed by atoms with Crippen LogP contribution in [0.2, 0.25) is 0 Å². The number of carbonyl (C=O) groups is 2. The second kappa shape index (κ2) is 6.17. The van der Waals surface area contributed by atoms with Gasteiger partial charge in [0.05, 0.1) is 11.0 Å². The van der Waals surface area contributed by atoms with E-state index in [0.717, 1.165) is 13.0 Å². The third kappa shape index (κ3) is 3.06. The molecule has 0 saturated carbocycles. The van der Waals surface area contributed by atoms with Crippen molar-refractivity contribution in [1.82, 2.24) is 15.3 Å². The molecule has 108 valence electrons. The third-order valence-corrected chi connectivity index (χ3v) is 3.51. The summed E-state index contributed by atoms with van der Waals surface area (Å²) in [7, 11) is 0. The molecule has 7 nitrogen and oxygen atoms in total. The number of halogens is 1. The van der Waals surface area contributed by atoms with Gasteiger partial charge >= 0.3 is 0 Å². The fourth-order valence-electron chi connectivity index (χ4n) is 1.85. The second-order valence-corrected chi connectivity index (χ2v) is 5.36. The minimum absolute atomic E-state index is 0.0930. The van der Waals surface area contributed by atoms with Crippen LogP contribution >= 0.6 is 15.9 Å². The highest BCUT2D eigenvalue weighted by Gasteiger charge is 2.32. The number of piperazine rings is 1. The van der Waals surface area contributed by atoms with E-state index in [0.29, 0.717) is 16.2 Å². The monoisotopic (exact) mass is 341 g/mol. The summed E-state index contributed by atoms with van der Waals surface area (Å²) in [5, 5.41) is 5.39. The molecule has 0 bridgehead atoms. The average Bonchev–Trinajstić information content (AvgIpc) is 2.42. The van der Waals surface area contributed by atoms with E-state index in [2.05, 4.69) is 36.5 Å². The molecule has 2 rings (SSSR count). The number of carbonyl (C=O) groups excluding carboxylic acids is 2. The lowest BCUT2D eigenvalue weighted by molar-refractivity contribution is -0.132. The molecule has 1 saturated heterocycles. The fraction of sp³-hybridized carbons (Fsp3) is 0.500. The second-order valence-electron chi connectivity index (χ2n) is 4.51. The Morgan fingerprint density at radius 1 is 1.55 bits per heavy atom. The van der Waals surface area contributed by atoms with Crippen molar-refractivity contribution in [3.05, 3.63) is 10.7 Å². The van der Waals surface area contributed by atoms with Crippen molar-refractivity contribution in [3.8, 4) is 0 Å². The Labute approximate surface area is 125 Å². The Hall–Kier alpha value is -1.70. The number of hydrogen-bond acceptors (Lipinski definition) is 6. The molecule has 1 atom stereocenters. The Balaban J connectivity index is 2.30. The fourth-order valence-corrected chi connectivity index (χ4v) is 2.27. The summed E-state index contributed by atoms with van der Waals surface area (Å²) in [5.41, 5.74) is 0. The van der Waals surface area contributed by atoms with E-state index in [4.69, 9.17) is 0 Å². The molecule has 1 aromatic rings. The largest absolute Gasteiger partial charge is 0.354 e. The molecule has 0 spiro atoms. The lowest BCUT2D eigenvalue weighted by atomic mass is 10.2. The zero-order valence-electron chi connectivity index (χ0n) is 11.3. The van der Waals surface area contributed by atoms with Crippen LogP contribution in [0.5, 0.6) is 0 Å². The summed E-state index contributed by atoms with van der Waals surface area (Å²) >= 11 is 3.36. The molecule has 1 aromatic heterocycles. The minimum atomic E-state index is -0.460. The molecule has 20 heavy (non-hydrogen) atoms. The van der Waals surface area contributed by atoms with Crippen molar-refractivity contribution in [2.45, 2.75) is 26.3 Å². The molecule has 1 fully saturated rings. The first-order chi connectivity index (χ1) is 9.52. The van der Waals surface area contributed by atoms with Gasteiger partial charge in [-0.25, -0.2) is 4.98 Å². The summed E-state index contributed by atoms with van der Waals surface area (Å²) in [4.78, 5) is 33.4. The molecule has 1 unspecified atom stereocenters. The van der Waals surface area contributed by atoms with Crippen LogP contribution in [-0.2, 0) is 9.59 Å². The molecule has 1 aliphatic heterocycles. The number of nitrogens with one attached hydrogen (secondary N) is 2. The molecular weight excluding hydrogens is 326 g/mol. The number of nitrogens with zero attached hydrogens (tertiary/aromatic N) is 3. The quantitative estimate of drug-likeness (QED) is 0.791. The molecule has 2 N–H and O–H groups in total. The smallest absolute Gasteiger partial charge is 0.249 e. The van der Waals surface area contributed by atoms with Gasteiger partial charge in [-0.3, -0.25) is 14.9 Å². The van der Waals surface area contributed by atoms with E-state index in [1.54, 1.807) is 18.0 Å². The van der Waals surface area contributed by atoms with Crippen molar-refractivity contribution in [1.29, 1.82) is 0 Å². The number of rotatable bonds is 4. The summed E-state index contributed by atoms with van der Waals surface area (Å²) in [6.45, 7) is 4.63. The maximum absolute atomic E-state index is 11.7. The van der Waals surface area contributed by atoms with Crippen LogP contribution in [0.25, 0.3) is 0 Å². The lowest BCUT2D eigenvalue weighted by Gasteiger charge is -2.33. The van der Waals surface area contributed by atoms with Gasteiger partial charge in [-0.1, -0.05) is 6.92 Å². The van der Waals surface area contributed by atoms with E-state index in [1.807, 2.05) is 6.92 Å². The predicted octanol–water partition coefficient (Wildman–Crippen LogP) is 0.912. The molecule has 0 aromatic carbocycles. The molecule has 8 heteroatoms. The van der Waals surface area contributed by atoms with Gasteiger partial charge in [-0.15, -0.1) is 0 Å². The van der Waals surface area contributed by atoms with E-state index >= 15 is 0 Å². The third-order valence-electron chi connectivity index (χ3n) is 2.95. The highest BCUT2D eigenvalue weighted by molar-refractivity contribution is 9.10. The lowest BCUT2D eigenvalue weighted by Crippen LogP contribution is -2.57. The molecule has 1 aliphatic rings. The molecule has 0 radical (unpaired) electrons. The van der Waals surface area contributed by atoms with Crippen molar-refractivity contribution < 1.29 is 9.59 Å². The number of amides is 2. The first-order valence-corrected chi connectivity index (χ1v) is 7.19. The molecule has 0 aliphatic carbocycles. The van der Waals surface area contributed by atoms with Crippen LogP contribution in [0.4, 0.5) is 11.8 Å². The van der Waals surface area contributed by atoms with Crippen LogP contribution < -0.4 is 15.5 Å². The number of hydrogen-bond donors (Lipinski definition) is 2. The Kier molecular flexibility index (Phi) is 4.53. The van der Waals surface area contributed by atoms with Crippen molar-refractivity contribution in [2.24, 2.45) is 0 Å². The van der Waals surface area contributed by atoms with Gasteiger partial charge in [-0.05, 0) is 29.3 Å². The van der Waals surface area contributed by atoms with Crippen LogP contribution in [0, 0.1) is 0 Å². The number of imide groups is 1. The average molecular weight is 342 g/mol. The van der Waals surface area contributed by atoms with Gasteiger partial charge in [0.25, 0.3) is 0 Å². The van der Waals surface area contributed by atoms with Gasteiger partial charge in [0.1, 0.15) is 11.9 Å². The van der Waals surface area contributed by atoms with E-state index < -0.39 is 6.04 Å². The Bertz CT molecular complexity index is 537. The summed E-state index contributed by atoms with van der Waals surface area (Å²) in [6, 6.07) is -0.460. The maximum atomic E-state index is 11.7. The topological polar surface area (TPSA) is 87.2 Å². The van der Waals surface area contributed by atoms with Gasteiger partial charge in [-0.2, -0.15) is 4.98 Å². The number of aromatic nitrogens is 2. The van der Waals surface area contributed by atoms with E-state index in [-0.39, 0.29) is 18.4 Å². The van der Waals surface area contributed by atoms with Crippen LogP contribution in [0.15, 0.2) is 10.7 Å². The van der Waals surface area contributed by atoms with Crippen molar-refractivity contribution in [2.75, 3.05) is 23.3 Å². The van der Waals surface area contributed by atoms with E-state index in [9.17, 15) is 9.59 Å². The summed E-state index contributed by atoms with van der Waals surface area (Å²) < 4.78 is 0.647. The summed E-state index contributed by atoms with van der Waals surface area (Å²) in [5.74, 6) is 0.362. The zero-order chi connectivity index (χ0) is 14.7. The predicted molar refractivity (Wildman–Crippen MR) is 78.5 cm³/mol. The number of anilines is 2. The van der Waals surface area contributed by atoms with E-state index in [1.165, 1.54) is 0 Å². The Morgan fingerprint density at radius 3 is 3.00 bits per heavy atom. The first kappa shape index (κ1) is 14.7. The van der Waals surface area contributed by atoms with Crippen LogP contribution in [0.3, 0.4) is 0 Å².